The van der Waals surface area contributed by atoms with Crippen LogP contribution in [0.5, 0.6) is 11.5 Å². The molecule has 0 spiro atoms. The molecule has 0 radical (unpaired) electrons. The molecule has 0 aromatic heterocycles. The number of likely N-dealkylation sites (N-methyl/N-ethyl adjacent to an activating group) is 1. The van der Waals surface area contributed by atoms with E-state index in [1.165, 1.54) is 0 Å². The molecule has 35 heavy (non-hydrogen) atoms. The van der Waals surface area contributed by atoms with Gasteiger partial charge < -0.3 is 19.1 Å². The van der Waals surface area contributed by atoms with Gasteiger partial charge in [0.2, 0.25) is 5.91 Å². The number of benzodiazepines with no additional fused rings is 1. The van der Waals surface area contributed by atoms with Crippen molar-refractivity contribution in [3.05, 3.63) is 89.0 Å². The Morgan fingerprint density at radius 1 is 0.971 bits per heavy atom. The maximum absolute atomic E-state index is 12.8. The third-order valence-electron chi connectivity index (χ3n) is 5.69. The SMILES string of the molecule is CCN1C(=O)CN=C(c2cccc(C#CCOCc3ccccc3)c2)c2cc(OC)c(OC)cc21. The minimum atomic E-state index is -0.0671. The van der Waals surface area contributed by atoms with Crippen molar-refractivity contribution in [3.8, 4) is 23.3 Å². The van der Waals surface area contributed by atoms with E-state index < -0.39 is 0 Å². The highest BCUT2D eigenvalue weighted by Crippen LogP contribution is 2.37. The lowest BCUT2D eigenvalue weighted by molar-refractivity contribution is -0.117. The molecule has 1 heterocycles. The van der Waals surface area contributed by atoms with Gasteiger partial charge >= 0.3 is 0 Å². The number of fused-ring (bicyclic) bond motifs is 1. The maximum Gasteiger partial charge on any atom is 0.248 e. The van der Waals surface area contributed by atoms with Gasteiger partial charge in [0.05, 0.1) is 32.2 Å². The number of nitrogens with zero attached hydrogens (tertiary/aromatic N) is 2. The van der Waals surface area contributed by atoms with Crippen LogP contribution in [0, 0.1) is 11.8 Å². The molecule has 1 aliphatic heterocycles. The van der Waals surface area contributed by atoms with Crippen molar-refractivity contribution in [1.29, 1.82) is 0 Å². The molecule has 3 aromatic rings. The van der Waals surface area contributed by atoms with Crippen LogP contribution in [0.2, 0.25) is 0 Å². The summed E-state index contributed by atoms with van der Waals surface area (Å²) >= 11 is 0. The maximum atomic E-state index is 12.8. The molecule has 0 aliphatic carbocycles. The van der Waals surface area contributed by atoms with Gasteiger partial charge in [-0.2, -0.15) is 0 Å². The molecule has 3 aromatic carbocycles. The van der Waals surface area contributed by atoms with Gasteiger partial charge in [0, 0.05) is 29.3 Å². The van der Waals surface area contributed by atoms with Crippen molar-refractivity contribution in [2.75, 3.05) is 38.8 Å². The fraction of sp³-hybridized carbons (Fsp3) is 0.241. The summed E-state index contributed by atoms with van der Waals surface area (Å²) in [5.41, 5.74) is 5.11. The Balaban J connectivity index is 1.61. The number of carbonyl (C=O) groups is 1. The first-order chi connectivity index (χ1) is 17.1. The summed E-state index contributed by atoms with van der Waals surface area (Å²) in [6.07, 6.45) is 0. The van der Waals surface area contributed by atoms with Gasteiger partial charge in [0.15, 0.2) is 11.5 Å². The highest BCUT2D eigenvalue weighted by atomic mass is 16.5. The van der Waals surface area contributed by atoms with Crippen LogP contribution in [0.15, 0.2) is 71.7 Å². The van der Waals surface area contributed by atoms with Crippen LogP contribution in [0.1, 0.15) is 29.2 Å². The first-order valence-corrected chi connectivity index (χ1v) is 11.5. The fourth-order valence-corrected chi connectivity index (χ4v) is 4.00. The third kappa shape index (κ3) is 5.53. The van der Waals surface area contributed by atoms with Gasteiger partial charge in [-0.1, -0.05) is 54.3 Å². The molecule has 6 nitrogen and oxygen atoms in total. The van der Waals surface area contributed by atoms with Crippen molar-refractivity contribution in [2.24, 2.45) is 4.99 Å². The van der Waals surface area contributed by atoms with Crippen molar-refractivity contribution in [2.45, 2.75) is 13.5 Å². The number of methoxy groups -OCH3 is 2. The molecule has 4 rings (SSSR count). The predicted octanol–water partition coefficient (Wildman–Crippen LogP) is 4.48. The van der Waals surface area contributed by atoms with Gasteiger partial charge in [-0.15, -0.1) is 0 Å². The smallest absolute Gasteiger partial charge is 0.248 e. The average Bonchev–Trinajstić information content (AvgIpc) is 3.03. The molecule has 0 N–H and O–H groups in total. The summed E-state index contributed by atoms with van der Waals surface area (Å²) in [5.74, 6) is 7.32. The van der Waals surface area contributed by atoms with Crippen LogP contribution >= 0.6 is 0 Å². The molecule has 6 heteroatoms. The number of benzene rings is 3. The summed E-state index contributed by atoms with van der Waals surface area (Å²) in [4.78, 5) is 19.2. The second-order valence-corrected chi connectivity index (χ2v) is 7.89. The monoisotopic (exact) mass is 468 g/mol. The van der Waals surface area contributed by atoms with E-state index >= 15 is 0 Å². The summed E-state index contributed by atoms with van der Waals surface area (Å²) in [7, 11) is 3.18. The molecule has 0 bridgehead atoms. The van der Waals surface area contributed by atoms with Gasteiger partial charge in [-0.25, -0.2) is 0 Å². The van der Waals surface area contributed by atoms with Crippen LogP contribution < -0.4 is 14.4 Å². The molecule has 0 fully saturated rings. The largest absolute Gasteiger partial charge is 0.493 e. The fourth-order valence-electron chi connectivity index (χ4n) is 4.00. The molecule has 0 unspecified atom stereocenters. The normalized spacial score (nSPS) is 12.7. The Morgan fingerprint density at radius 2 is 1.74 bits per heavy atom. The van der Waals surface area contributed by atoms with Gasteiger partial charge in [-0.05, 0) is 30.7 Å². The molecular formula is C29H28N2O4. The number of amides is 1. The summed E-state index contributed by atoms with van der Waals surface area (Å²) in [5, 5.41) is 0. The number of rotatable bonds is 7. The predicted molar refractivity (Wildman–Crippen MR) is 137 cm³/mol. The van der Waals surface area contributed by atoms with Gasteiger partial charge in [0.1, 0.15) is 13.2 Å². The van der Waals surface area contributed by atoms with E-state index in [1.54, 1.807) is 19.1 Å². The molecule has 1 amide bonds. The van der Waals surface area contributed by atoms with Crippen LogP contribution in [-0.2, 0) is 16.1 Å². The van der Waals surface area contributed by atoms with E-state index in [9.17, 15) is 4.79 Å². The van der Waals surface area contributed by atoms with E-state index in [2.05, 4.69) is 16.8 Å². The van der Waals surface area contributed by atoms with E-state index in [-0.39, 0.29) is 12.5 Å². The zero-order valence-corrected chi connectivity index (χ0v) is 20.2. The molecule has 0 saturated heterocycles. The molecule has 178 valence electrons. The van der Waals surface area contributed by atoms with Crippen LogP contribution in [0.25, 0.3) is 0 Å². The topological polar surface area (TPSA) is 60.4 Å². The van der Waals surface area contributed by atoms with Crippen LogP contribution in [0.4, 0.5) is 5.69 Å². The van der Waals surface area contributed by atoms with E-state index in [1.807, 2.05) is 73.7 Å². The molecular weight excluding hydrogens is 440 g/mol. The number of aliphatic imine (C=N–C) groups is 1. The minimum absolute atomic E-state index is 0.0612. The molecule has 0 atom stereocenters. The summed E-state index contributed by atoms with van der Waals surface area (Å²) in [6.45, 7) is 3.39. The Labute approximate surface area is 206 Å². The second kappa shape index (κ2) is 11.4. The molecule has 0 saturated carbocycles. The number of anilines is 1. The van der Waals surface area contributed by atoms with Crippen molar-refractivity contribution in [1.82, 2.24) is 0 Å². The average molecular weight is 469 g/mol. The van der Waals surface area contributed by atoms with E-state index in [4.69, 9.17) is 14.2 Å². The van der Waals surface area contributed by atoms with Crippen molar-refractivity contribution < 1.29 is 19.0 Å². The Hall–Kier alpha value is -4.08. The zero-order chi connectivity index (χ0) is 24.6. The Bertz CT molecular complexity index is 1290. The van der Waals surface area contributed by atoms with Crippen LogP contribution in [0.3, 0.4) is 0 Å². The first-order valence-electron chi connectivity index (χ1n) is 11.5. The second-order valence-electron chi connectivity index (χ2n) is 7.89. The third-order valence-corrected chi connectivity index (χ3v) is 5.69. The van der Waals surface area contributed by atoms with E-state index in [0.29, 0.717) is 37.0 Å². The quantitative estimate of drug-likeness (QED) is 0.379. The van der Waals surface area contributed by atoms with Crippen molar-refractivity contribution in [3.63, 3.8) is 0 Å². The van der Waals surface area contributed by atoms with Crippen LogP contribution in [-0.4, -0.2) is 45.5 Å². The standard InChI is InChI=1S/C29H28N2O4/c1-4-31-25-18-27(34-3)26(33-2)17-24(25)29(30-19-28(31)32)23-14-8-12-21(16-23)13-9-15-35-20-22-10-6-5-7-11-22/h5-8,10-12,14,16-18H,4,15,19-20H2,1-3H3. The zero-order valence-electron chi connectivity index (χ0n) is 20.2. The molecule has 1 aliphatic rings. The van der Waals surface area contributed by atoms with E-state index in [0.717, 1.165) is 27.9 Å². The highest BCUT2D eigenvalue weighted by molar-refractivity contribution is 6.20. The van der Waals surface area contributed by atoms with Gasteiger partial charge in [0.25, 0.3) is 0 Å². The number of ether oxygens (including phenoxy) is 3. The van der Waals surface area contributed by atoms with Crippen molar-refractivity contribution >= 4 is 17.3 Å². The minimum Gasteiger partial charge on any atom is -0.493 e. The van der Waals surface area contributed by atoms with Gasteiger partial charge in [-0.3, -0.25) is 9.79 Å². The summed E-state index contributed by atoms with van der Waals surface area (Å²) in [6, 6.07) is 21.6. The number of carbonyl (C=O) groups excluding carboxylic acids is 1. The highest BCUT2D eigenvalue weighted by Gasteiger charge is 2.26. The number of hydrogen-bond donors (Lipinski definition) is 0. The first kappa shape index (κ1) is 24.1. The summed E-state index contributed by atoms with van der Waals surface area (Å²) < 4.78 is 16.7. The lowest BCUT2D eigenvalue weighted by Crippen LogP contribution is -2.32. The Morgan fingerprint density at radius 3 is 2.49 bits per heavy atom. The Kier molecular flexibility index (Phi) is 7.81. The lowest BCUT2D eigenvalue weighted by atomic mass is 9.98. The lowest BCUT2D eigenvalue weighted by Gasteiger charge is -2.23. The number of hydrogen-bond acceptors (Lipinski definition) is 5.